The van der Waals surface area contributed by atoms with E-state index in [1.807, 2.05) is 0 Å². The molecule has 0 atom stereocenters. The van der Waals surface area contributed by atoms with Crippen LogP contribution in [0.1, 0.15) is 23.8 Å². The van der Waals surface area contributed by atoms with Gasteiger partial charge >= 0.3 is 0 Å². The van der Waals surface area contributed by atoms with Crippen LogP contribution in [-0.4, -0.2) is 13.1 Å². The highest BCUT2D eigenvalue weighted by molar-refractivity contribution is 9.10. The molecule has 2 rings (SSSR count). The Morgan fingerprint density at radius 3 is 2.73 bits per heavy atom. The van der Waals surface area contributed by atoms with Gasteiger partial charge in [-0.15, -0.1) is 0 Å². The first-order valence-electron chi connectivity index (χ1n) is 7.35. The van der Waals surface area contributed by atoms with Crippen molar-refractivity contribution in [2.24, 2.45) is 0 Å². The fourth-order valence-electron chi connectivity index (χ4n) is 0.626. The van der Waals surface area contributed by atoms with Gasteiger partial charge in [-0.1, -0.05) is 28.0 Å². The van der Waals surface area contributed by atoms with E-state index in [0.29, 0.717) is 0 Å². The summed E-state index contributed by atoms with van der Waals surface area (Å²) in [5, 5.41) is 0. The smallest absolute Gasteiger partial charge is 0.0635 e. The molecule has 11 heavy (non-hydrogen) atoms. The van der Waals surface area contributed by atoms with Crippen molar-refractivity contribution in [1.82, 2.24) is 0 Å². The minimum absolute atomic E-state index is 0.124. The van der Waals surface area contributed by atoms with E-state index in [1.165, 1.54) is 0 Å². The standard InChI is InChI=1S/C9H9BrO/c10-9-3-1-7(2-4-9)8-5-11-6-8/h1-4,8H,5-6H2/i1D,2D,3D,4D,5D2,6D2,8D. The molecule has 1 aliphatic heterocycles. The number of halogens is 1. The Morgan fingerprint density at radius 1 is 1.55 bits per heavy atom. The van der Waals surface area contributed by atoms with Crippen LogP contribution in [0.4, 0.5) is 0 Å². The molecule has 0 amide bonds. The highest BCUT2D eigenvalue weighted by Gasteiger charge is 2.19. The van der Waals surface area contributed by atoms with Crippen LogP contribution in [0, 0.1) is 0 Å². The topological polar surface area (TPSA) is 9.23 Å². The zero-order chi connectivity index (χ0) is 15.7. The Balaban J connectivity index is 2.83. The second-order valence-electron chi connectivity index (χ2n) is 1.87. The number of hydrogen-bond acceptors (Lipinski definition) is 1. The van der Waals surface area contributed by atoms with E-state index in [-0.39, 0.29) is 4.47 Å². The highest BCUT2D eigenvalue weighted by atomic mass is 79.9. The number of hydrogen-bond donors (Lipinski definition) is 0. The van der Waals surface area contributed by atoms with E-state index in [4.69, 9.17) is 12.3 Å². The third kappa shape index (κ3) is 1.47. The molecule has 0 N–H and O–H groups in total. The van der Waals surface area contributed by atoms with Gasteiger partial charge in [0.2, 0.25) is 0 Å². The second kappa shape index (κ2) is 2.95. The fourth-order valence-corrected chi connectivity index (χ4v) is 0.825. The van der Waals surface area contributed by atoms with E-state index < -0.39 is 48.7 Å². The lowest BCUT2D eigenvalue weighted by Gasteiger charge is -2.26. The molecule has 0 spiro atoms. The summed E-state index contributed by atoms with van der Waals surface area (Å²) in [7, 11) is 0. The van der Waals surface area contributed by atoms with Crippen LogP contribution < -0.4 is 0 Å². The number of benzene rings is 1. The van der Waals surface area contributed by atoms with Crippen LogP contribution in [0.25, 0.3) is 0 Å². The first kappa shape index (κ1) is 2.33. The van der Waals surface area contributed by atoms with Crippen LogP contribution >= 0.6 is 15.9 Å². The van der Waals surface area contributed by atoms with Crippen molar-refractivity contribution in [2.45, 2.75) is 5.89 Å². The quantitative estimate of drug-likeness (QED) is 0.709. The molecule has 1 aromatic carbocycles. The normalized spacial score (nSPS) is 41.7. The summed E-state index contributed by atoms with van der Waals surface area (Å²) in [4.78, 5) is 0. The monoisotopic (exact) mass is 221 g/mol. The molecule has 1 heterocycles. The van der Waals surface area contributed by atoms with Crippen molar-refractivity contribution in [3.05, 3.63) is 34.2 Å². The predicted octanol–water partition coefficient (Wildman–Crippen LogP) is 2.56. The van der Waals surface area contributed by atoms with Gasteiger partial charge in [0, 0.05) is 11.7 Å². The average molecular weight is 222 g/mol. The number of rotatable bonds is 1. The molecular formula is C9H9BrO. The van der Waals surface area contributed by atoms with Crippen molar-refractivity contribution in [3.63, 3.8) is 0 Å². The maximum Gasteiger partial charge on any atom is 0.0635 e. The molecule has 0 radical (unpaired) electrons. The van der Waals surface area contributed by atoms with Gasteiger partial charge < -0.3 is 4.74 Å². The van der Waals surface area contributed by atoms with E-state index in [1.54, 1.807) is 0 Å². The molecule has 2 heteroatoms. The third-order valence-corrected chi connectivity index (χ3v) is 1.55. The van der Waals surface area contributed by atoms with Gasteiger partial charge in [0.15, 0.2) is 0 Å². The zero-order valence-corrected chi connectivity index (χ0v) is 6.87. The SMILES string of the molecule is [2H]c1c([2H])c(C2([2H])C([2H])([2H])OC2([2H])[2H])c([2H])c([2H])c1Br. The van der Waals surface area contributed by atoms with Crippen molar-refractivity contribution < 1.29 is 17.1 Å². The molecule has 1 fully saturated rings. The van der Waals surface area contributed by atoms with Gasteiger partial charge in [0.1, 0.15) is 0 Å². The summed E-state index contributed by atoms with van der Waals surface area (Å²) in [6, 6.07) is -2.31. The first-order valence-corrected chi connectivity index (χ1v) is 3.64. The molecule has 1 aromatic rings. The van der Waals surface area contributed by atoms with E-state index in [0.717, 1.165) is 0 Å². The molecule has 58 valence electrons. The van der Waals surface area contributed by atoms with Crippen LogP contribution in [0.2, 0.25) is 0 Å². The minimum atomic E-state index is -2.76. The Hall–Kier alpha value is -0.340. The van der Waals surface area contributed by atoms with Crippen molar-refractivity contribution in [3.8, 4) is 0 Å². The first-order chi connectivity index (χ1) is 8.88. The van der Waals surface area contributed by atoms with E-state index in [2.05, 4.69) is 20.7 Å². The van der Waals surface area contributed by atoms with Crippen molar-refractivity contribution >= 4 is 15.9 Å². The van der Waals surface area contributed by atoms with Gasteiger partial charge in [-0.3, -0.25) is 0 Å². The maximum absolute atomic E-state index is 8.06. The van der Waals surface area contributed by atoms with Crippen LogP contribution in [0.3, 0.4) is 0 Å². The average Bonchev–Trinajstić information content (AvgIpc) is 2.32. The molecule has 0 unspecified atom stereocenters. The van der Waals surface area contributed by atoms with Crippen LogP contribution in [-0.2, 0) is 4.74 Å². The molecule has 1 aliphatic rings. The van der Waals surface area contributed by atoms with Crippen LogP contribution in [0.15, 0.2) is 28.6 Å². The van der Waals surface area contributed by atoms with Crippen molar-refractivity contribution in [2.75, 3.05) is 13.1 Å². The lowest BCUT2D eigenvalue weighted by molar-refractivity contribution is 0.00842. The molecule has 0 bridgehead atoms. The minimum Gasteiger partial charge on any atom is -0.380 e. The molecule has 0 saturated carbocycles. The molecule has 1 nitrogen and oxygen atoms in total. The summed E-state index contributed by atoms with van der Waals surface area (Å²) in [5.41, 5.74) is -0.656. The largest absolute Gasteiger partial charge is 0.380 e. The van der Waals surface area contributed by atoms with Gasteiger partial charge in [0.05, 0.1) is 24.1 Å². The summed E-state index contributed by atoms with van der Waals surface area (Å²) in [6.45, 7) is -5.51. The fraction of sp³-hybridized carbons (Fsp3) is 0.333. The van der Waals surface area contributed by atoms with Crippen molar-refractivity contribution in [1.29, 1.82) is 0 Å². The summed E-state index contributed by atoms with van der Waals surface area (Å²) in [5.74, 6) is -2.68. The van der Waals surface area contributed by atoms with Gasteiger partial charge in [-0.25, -0.2) is 0 Å². The van der Waals surface area contributed by atoms with Gasteiger partial charge in [-0.05, 0) is 17.6 Å². The lowest BCUT2D eigenvalue weighted by atomic mass is 9.98. The Labute approximate surface area is 87.1 Å². The van der Waals surface area contributed by atoms with Gasteiger partial charge in [0.25, 0.3) is 0 Å². The molecule has 0 aromatic heterocycles. The highest BCUT2D eigenvalue weighted by Crippen LogP contribution is 2.24. The summed E-state index contributed by atoms with van der Waals surface area (Å²) >= 11 is 2.88. The molecule has 0 aliphatic carbocycles. The second-order valence-corrected chi connectivity index (χ2v) is 2.66. The maximum atomic E-state index is 8.06. The van der Waals surface area contributed by atoms with Crippen LogP contribution in [0.5, 0.6) is 0 Å². The molecular weight excluding hydrogens is 204 g/mol. The van der Waals surface area contributed by atoms with E-state index in [9.17, 15) is 0 Å². The van der Waals surface area contributed by atoms with E-state index >= 15 is 0 Å². The zero-order valence-electron chi connectivity index (χ0n) is 14.3. The Kier molecular flexibility index (Phi) is 0.626. The summed E-state index contributed by atoms with van der Waals surface area (Å²) in [6.07, 6.45) is 0. The third-order valence-electron chi connectivity index (χ3n) is 1.15. The lowest BCUT2D eigenvalue weighted by Crippen LogP contribution is -2.24. The Bertz CT molecular complexity index is 557. The summed E-state index contributed by atoms with van der Waals surface area (Å²) < 4.78 is 73.3. The molecule has 1 saturated heterocycles. The Morgan fingerprint density at radius 2 is 2.18 bits per heavy atom. The van der Waals surface area contributed by atoms with Gasteiger partial charge in [-0.2, -0.15) is 0 Å². The predicted molar refractivity (Wildman–Crippen MR) is 47.7 cm³/mol. The number of ether oxygens (including phenoxy) is 1.